The lowest BCUT2D eigenvalue weighted by Gasteiger charge is -2.15. The van der Waals surface area contributed by atoms with Gasteiger partial charge in [0.2, 0.25) is 0 Å². The number of aryl methyl sites for hydroxylation is 1. The SMILES string of the molecule is CCC(C)Oc1cc(C)c(N)c(C(=O)O)c1. The highest BCUT2D eigenvalue weighted by Gasteiger charge is 2.13. The highest BCUT2D eigenvalue weighted by Crippen LogP contribution is 2.25. The van der Waals surface area contributed by atoms with E-state index in [1.165, 1.54) is 6.07 Å². The molecule has 16 heavy (non-hydrogen) atoms. The van der Waals surface area contributed by atoms with Gasteiger partial charge < -0.3 is 15.6 Å². The summed E-state index contributed by atoms with van der Waals surface area (Å²) < 4.78 is 5.57. The van der Waals surface area contributed by atoms with Gasteiger partial charge in [0.25, 0.3) is 0 Å². The molecule has 0 aliphatic carbocycles. The molecule has 88 valence electrons. The number of benzene rings is 1. The first-order valence-electron chi connectivity index (χ1n) is 5.25. The van der Waals surface area contributed by atoms with Crippen molar-refractivity contribution < 1.29 is 14.6 Å². The molecular formula is C12H17NO3. The number of nitrogens with two attached hydrogens (primary N) is 1. The quantitative estimate of drug-likeness (QED) is 0.769. The zero-order chi connectivity index (χ0) is 12.3. The Kier molecular flexibility index (Phi) is 3.77. The van der Waals surface area contributed by atoms with Gasteiger partial charge in [-0.25, -0.2) is 4.79 Å². The van der Waals surface area contributed by atoms with E-state index in [2.05, 4.69) is 0 Å². The molecule has 0 bridgehead atoms. The van der Waals surface area contributed by atoms with E-state index < -0.39 is 5.97 Å². The molecule has 1 aromatic rings. The zero-order valence-electron chi connectivity index (χ0n) is 9.78. The van der Waals surface area contributed by atoms with Crippen molar-refractivity contribution in [1.82, 2.24) is 0 Å². The minimum atomic E-state index is -1.03. The largest absolute Gasteiger partial charge is 0.491 e. The standard InChI is InChI=1S/C12H17NO3/c1-4-8(3)16-9-5-7(2)11(13)10(6-9)12(14)15/h5-6,8H,4,13H2,1-3H3,(H,14,15). The van der Waals surface area contributed by atoms with E-state index in [9.17, 15) is 4.79 Å². The topological polar surface area (TPSA) is 72.5 Å². The van der Waals surface area contributed by atoms with Crippen LogP contribution in [0.5, 0.6) is 5.75 Å². The second kappa shape index (κ2) is 4.88. The Balaban J connectivity index is 3.09. The van der Waals surface area contributed by atoms with Gasteiger partial charge in [0.1, 0.15) is 5.75 Å². The summed E-state index contributed by atoms with van der Waals surface area (Å²) in [5, 5.41) is 8.97. The molecule has 1 atom stereocenters. The Morgan fingerprint density at radius 2 is 2.19 bits per heavy atom. The van der Waals surface area contributed by atoms with Crippen LogP contribution in [0.2, 0.25) is 0 Å². The number of anilines is 1. The Morgan fingerprint density at radius 1 is 1.56 bits per heavy atom. The van der Waals surface area contributed by atoms with Gasteiger partial charge in [0, 0.05) is 5.69 Å². The predicted molar refractivity (Wildman–Crippen MR) is 62.9 cm³/mol. The molecule has 0 aromatic heterocycles. The first-order chi connectivity index (χ1) is 7.45. The number of nitrogen functional groups attached to an aromatic ring is 1. The maximum absolute atomic E-state index is 10.9. The highest BCUT2D eigenvalue weighted by atomic mass is 16.5. The molecule has 0 aliphatic rings. The van der Waals surface area contributed by atoms with Crippen LogP contribution in [-0.2, 0) is 0 Å². The Labute approximate surface area is 95.0 Å². The molecule has 1 rings (SSSR count). The van der Waals surface area contributed by atoms with Crippen molar-refractivity contribution in [3.05, 3.63) is 23.3 Å². The van der Waals surface area contributed by atoms with Gasteiger partial charge in [-0.3, -0.25) is 0 Å². The molecule has 1 unspecified atom stereocenters. The minimum Gasteiger partial charge on any atom is -0.491 e. The van der Waals surface area contributed by atoms with Gasteiger partial charge in [-0.15, -0.1) is 0 Å². The van der Waals surface area contributed by atoms with Crippen molar-refractivity contribution in [1.29, 1.82) is 0 Å². The molecule has 0 heterocycles. The van der Waals surface area contributed by atoms with E-state index in [4.69, 9.17) is 15.6 Å². The van der Waals surface area contributed by atoms with Crippen molar-refractivity contribution in [3.63, 3.8) is 0 Å². The number of rotatable bonds is 4. The second-order valence-electron chi connectivity index (χ2n) is 3.84. The molecule has 0 radical (unpaired) electrons. The zero-order valence-corrected chi connectivity index (χ0v) is 9.78. The lowest BCUT2D eigenvalue weighted by atomic mass is 10.1. The highest BCUT2D eigenvalue weighted by molar-refractivity contribution is 5.95. The number of aromatic carboxylic acids is 1. The van der Waals surface area contributed by atoms with Crippen LogP contribution in [0.1, 0.15) is 36.2 Å². The normalized spacial score (nSPS) is 12.2. The third-order valence-electron chi connectivity index (χ3n) is 2.50. The van der Waals surface area contributed by atoms with E-state index in [0.717, 1.165) is 12.0 Å². The van der Waals surface area contributed by atoms with Gasteiger partial charge in [-0.1, -0.05) is 6.92 Å². The number of hydrogen-bond acceptors (Lipinski definition) is 3. The average molecular weight is 223 g/mol. The molecule has 3 N–H and O–H groups in total. The van der Waals surface area contributed by atoms with Gasteiger partial charge in [0.15, 0.2) is 0 Å². The van der Waals surface area contributed by atoms with Crippen molar-refractivity contribution in [2.24, 2.45) is 0 Å². The van der Waals surface area contributed by atoms with Crippen LogP contribution < -0.4 is 10.5 Å². The summed E-state index contributed by atoms with van der Waals surface area (Å²) in [5.41, 5.74) is 6.79. The van der Waals surface area contributed by atoms with Crippen molar-refractivity contribution in [2.75, 3.05) is 5.73 Å². The van der Waals surface area contributed by atoms with E-state index in [-0.39, 0.29) is 11.7 Å². The molecular weight excluding hydrogens is 206 g/mol. The number of hydrogen-bond donors (Lipinski definition) is 2. The monoisotopic (exact) mass is 223 g/mol. The molecule has 4 heteroatoms. The van der Waals surface area contributed by atoms with E-state index in [1.807, 2.05) is 13.8 Å². The summed E-state index contributed by atoms with van der Waals surface area (Å²) in [5.74, 6) is -0.478. The lowest BCUT2D eigenvalue weighted by Crippen LogP contribution is -2.11. The van der Waals surface area contributed by atoms with Crippen molar-refractivity contribution >= 4 is 11.7 Å². The van der Waals surface area contributed by atoms with Gasteiger partial charge >= 0.3 is 5.97 Å². The average Bonchev–Trinajstić information content (AvgIpc) is 2.22. The number of ether oxygens (including phenoxy) is 1. The van der Waals surface area contributed by atoms with Crippen LogP contribution in [0, 0.1) is 6.92 Å². The first-order valence-corrected chi connectivity index (χ1v) is 5.25. The van der Waals surface area contributed by atoms with Gasteiger partial charge in [0.05, 0.1) is 11.7 Å². The summed E-state index contributed by atoms with van der Waals surface area (Å²) in [4.78, 5) is 10.9. The summed E-state index contributed by atoms with van der Waals surface area (Å²) >= 11 is 0. The minimum absolute atomic E-state index is 0.0599. The van der Waals surface area contributed by atoms with Crippen LogP contribution in [0.15, 0.2) is 12.1 Å². The van der Waals surface area contributed by atoms with Crippen LogP contribution in [0.3, 0.4) is 0 Å². The number of carbonyl (C=O) groups is 1. The van der Waals surface area contributed by atoms with Crippen molar-refractivity contribution in [2.45, 2.75) is 33.3 Å². The molecule has 0 fully saturated rings. The fraction of sp³-hybridized carbons (Fsp3) is 0.417. The molecule has 0 amide bonds. The maximum Gasteiger partial charge on any atom is 0.337 e. The second-order valence-corrected chi connectivity index (χ2v) is 3.84. The Morgan fingerprint density at radius 3 is 2.69 bits per heavy atom. The number of carboxylic acids is 1. The maximum atomic E-state index is 10.9. The third kappa shape index (κ3) is 2.66. The van der Waals surface area contributed by atoms with Crippen LogP contribution in [0.25, 0.3) is 0 Å². The first kappa shape index (κ1) is 12.4. The number of carboxylic acid groups (broad SMARTS) is 1. The van der Waals surface area contributed by atoms with E-state index in [0.29, 0.717) is 11.4 Å². The summed E-state index contributed by atoms with van der Waals surface area (Å²) in [7, 11) is 0. The molecule has 0 saturated heterocycles. The summed E-state index contributed by atoms with van der Waals surface area (Å²) in [6.07, 6.45) is 0.927. The predicted octanol–water partition coefficient (Wildman–Crippen LogP) is 2.45. The third-order valence-corrected chi connectivity index (χ3v) is 2.50. The van der Waals surface area contributed by atoms with E-state index in [1.54, 1.807) is 13.0 Å². The lowest BCUT2D eigenvalue weighted by molar-refractivity contribution is 0.0697. The Bertz CT molecular complexity index is 401. The van der Waals surface area contributed by atoms with E-state index >= 15 is 0 Å². The molecule has 0 saturated carbocycles. The summed E-state index contributed by atoms with van der Waals surface area (Å²) in [6.45, 7) is 5.71. The van der Waals surface area contributed by atoms with Crippen molar-refractivity contribution in [3.8, 4) is 5.75 Å². The fourth-order valence-electron chi connectivity index (χ4n) is 1.33. The summed E-state index contributed by atoms with van der Waals surface area (Å²) in [6, 6.07) is 3.23. The molecule has 0 aliphatic heterocycles. The fourth-order valence-corrected chi connectivity index (χ4v) is 1.33. The molecule has 1 aromatic carbocycles. The smallest absolute Gasteiger partial charge is 0.337 e. The van der Waals surface area contributed by atoms with Crippen LogP contribution >= 0.6 is 0 Å². The molecule has 4 nitrogen and oxygen atoms in total. The van der Waals surface area contributed by atoms with Crippen LogP contribution in [-0.4, -0.2) is 17.2 Å². The van der Waals surface area contributed by atoms with Gasteiger partial charge in [-0.2, -0.15) is 0 Å². The van der Waals surface area contributed by atoms with Crippen LogP contribution in [0.4, 0.5) is 5.69 Å². The molecule has 0 spiro atoms. The van der Waals surface area contributed by atoms with Gasteiger partial charge in [-0.05, 0) is 38.0 Å². The Hall–Kier alpha value is -1.71.